The highest BCUT2D eigenvalue weighted by Gasteiger charge is 2.50. The van der Waals surface area contributed by atoms with Crippen molar-refractivity contribution in [3.8, 4) is 0 Å². The molecule has 0 aromatic heterocycles. The summed E-state index contributed by atoms with van der Waals surface area (Å²) in [6.45, 7) is 0.492. The van der Waals surface area contributed by atoms with Gasteiger partial charge in [0, 0.05) is 7.11 Å². The summed E-state index contributed by atoms with van der Waals surface area (Å²) >= 11 is 0. The van der Waals surface area contributed by atoms with Crippen LogP contribution in [0.25, 0.3) is 0 Å². The van der Waals surface area contributed by atoms with Crippen LogP contribution < -0.4 is 0 Å². The van der Waals surface area contributed by atoms with Gasteiger partial charge in [0.1, 0.15) is 18.3 Å². The molecule has 0 radical (unpaired) electrons. The van der Waals surface area contributed by atoms with Crippen molar-refractivity contribution in [2.24, 2.45) is 0 Å². The van der Waals surface area contributed by atoms with Gasteiger partial charge in [-0.1, -0.05) is 0 Å². The largest absolute Gasteiger partial charge is 0.387 e. The van der Waals surface area contributed by atoms with E-state index in [4.69, 9.17) is 14.2 Å². The van der Waals surface area contributed by atoms with Gasteiger partial charge in [-0.05, 0) is 0 Å². The molecule has 0 spiro atoms. The number of hydrogen-bond acceptors (Lipinski definition) is 4. The molecule has 2 aliphatic heterocycles. The summed E-state index contributed by atoms with van der Waals surface area (Å²) in [5, 5.41) is 9.30. The van der Waals surface area contributed by atoms with Crippen LogP contribution >= 0.6 is 0 Å². The second-order valence-corrected chi connectivity index (χ2v) is 2.57. The van der Waals surface area contributed by atoms with E-state index in [9.17, 15) is 5.11 Å². The van der Waals surface area contributed by atoms with Crippen molar-refractivity contribution < 1.29 is 19.3 Å². The maximum Gasteiger partial charge on any atom is 0.186 e. The number of ether oxygens (including phenoxy) is 3. The lowest BCUT2D eigenvalue weighted by molar-refractivity contribution is -0.202. The van der Waals surface area contributed by atoms with Crippen molar-refractivity contribution in [2.75, 3.05) is 13.7 Å². The van der Waals surface area contributed by atoms with Crippen LogP contribution in [0.4, 0.5) is 0 Å². The number of aliphatic hydroxyl groups excluding tert-OH is 1. The van der Waals surface area contributed by atoms with E-state index in [2.05, 4.69) is 0 Å². The number of methoxy groups -OCH3 is 1. The zero-order valence-corrected chi connectivity index (χ0v) is 5.69. The minimum absolute atomic E-state index is 0.171. The molecule has 2 bridgehead atoms. The fourth-order valence-corrected chi connectivity index (χ4v) is 1.41. The van der Waals surface area contributed by atoms with Crippen molar-refractivity contribution in [1.82, 2.24) is 0 Å². The van der Waals surface area contributed by atoms with Gasteiger partial charge in [0.2, 0.25) is 0 Å². The number of hydrogen-bond donors (Lipinski definition) is 1. The van der Waals surface area contributed by atoms with Gasteiger partial charge in [0.15, 0.2) is 6.29 Å². The van der Waals surface area contributed by atoms with Crippen LogP contribution in [0.1, 0.15) is 0 Å². The Bertz CT molecular complexity index is 138. The highest BCUT2D eigenvalue weighted by Crippen LogP contribution is 2.30. The summed E-state index contributed by atoms with van der Waals surface area (Å²) in [6, 6.07) is 0. The second-order valence-electron chi connectivity index (χ2n) is 2.57. The first kappa shape index (κ1) is 6.54. The van der Waals surface area contributed by atoms with Crippen LogP contribution in [0.2, 0.25) is 0 Å². The summed E-state index contributed by atoms with van der Waals surface area (Å²) in [6.07, 6.45) is -1.30. The summed E-state index contributed by atoms with van der Waals surface area (Å²) < 4.78 is 15.3. The minimum atomic E-state index is -0.495. The summed E-state index contributed by atoms with van der Waals surface area (Å²) in [7, 11) is 1.54. The molecular formula is C6H10O4. The van der Waals surface area contributed by atoms with Crippen molar-refractivity contribution in [3.05, 3.63) is 0 Å². The monoisotopic (exact) mass is 146 g/mol. The first-order valence-corrected chi connectivity index (χ1v) is 3.31. The molecule has 2 rings (SSSR count). The third kappa shape index (κ3) is 0.703. The number of aliphatic hydroxyl groups is 1. The fourth-order valence-electron chi connectivity index (χ4n) is 1.41. The molecule has 0 amide bonds. The van der Waals surface area contributed by atoms with Crippen LogP contribution in [0, 0.1) is 0 Å². The normalized spacial score (nSPS) is 52.2. The molecular weight excluding hydrogens is 136 g/mol. The van der Waals surface area contributed by atoms with E-state index in [1.54, 1.807) is 7.11 Å². The molecule has 0 aliphatic carbocycles. The van der Waals surface area contributed by atoms with Gasteiger partial charge < -0.3 is 19.3 Å². The lowest BCUT2D eigenvalue weighted by atomic mass is 10.2. The van der Waals surface area contributed by atoms with Crippen molar-refractivity contribution in [2.45, 2.75) is 24.6 Å². The predicted molar refractivity (Wildman–Crippen MR) is 31.4 cm³/mol. The van der Waals surface area contributed by atoms with E-state index in [0.717, 1.165) is 0 Å². The van der Waals surface area contributed by atoms with E-state index >= 15 is 0 Å². The Morgan fingerprint density at radius 2 is 2.40 bits per heavy atom. The van der Waals surface area contributed by atoms with E-state index in [1.807, 2.05) is 0 Å². The molecule has 2 aliphatic rings. The highest BCUT2D eigenvalue weighted by atomic mass is 16.7. The lowest BCUT2D eigenvalue weighted by Crippen LogP contribution is -2.31. The molecule has 4 heteroatoms. The smallest absolute Gasteiger partial charge is 0.186 e. The van der Waals surface area contributed by atoms with Gasteiger partial charge in [-0.15, -0.1) is 0 Å². The molecule has 2 heterocycles. The maximum atomic E-state index is 9.30. The Balaban J connectivity index is 2.08. The number of rotatable bonds is 1. The molecule has 4 atom stereocenters. The van der Waals surface area contributed by atoms with Gasteiger partial charge in [0.05, 0.1) is 6.61 Å². The first-order valence-electron chi connectivity index (χ1n) is 3.31. The van der Waals surface area contributed by atoms with E-state index in [1.165, 1.54) is 0 Å². The topological polar surface area (TPSA) is 47.9 Å². The van der Waals surface area contributed by atoms with Gasteiger partial charge in [0.25, 0.3) is 0 Å². The molecule has 2 fully saturated rings. The summed E-state index contributed by atoms with van der Waals surface area (Å²) in [4.78, 5) is 0. The standard InChI is InChI=1S/C6H10O4/c1-8-6-5-4(7)3(10-6)2-9-5/h3-7H,2H2,1H3. The molecule has 4 nitrogen and oxygen atoms in total. The van der Waals surface area contributed by atoms with Gasteiger partial charge in [-0.3, -0.25) is 0 Å². The van der Waals surface area contributed by atoms with Crippen LogP contribution in [0.5, 0.6) is 0 Å². The van der Waals surface area contributed by atoms with Gasteiger partial charge in [-0.2, -0.15) is 0 Å². The highest BCUT2D eigenvalue weighted by molar-refractivity contribution is 4.93. The zero-order valence-electron chi connectivity index (χ0n) is 5.69. The number of fused-ring (bicyclic) bond motifs is 2. The van der Waals surface area contributed by atoms with Crippen LogP contribution in [0.15, 0.2) is 0 Å². The molecule has 0 saturated carbocycles. The van der Waals surface area contributed by atoms with Gasteiger partial charge >= 0.3 is 0 Å². The Labute approximate surface area is 58.7 Å². The summed E-state index contributed by atoms with van der Waals surface area (Å²) in [5.41, 5.74) is 0. The van der Waals surface area contributed by atoms with Crippen molar-refractivity contribution >= 4 is 0 Å². The average Bonchev–Trinajstić information content (AvgIpc) is 2.46. The molecule has 2 saturated heterocycles. The summed E-state index contributed by atoms with van der Waals surface area (Å²) in [5.74, 6) is 0. The van der Waals surface area contributed by atoms with Gasteiger partial charge in [-0.25, -0.2) is 0 Å². The molecule has 0 aromatic rings. The minimum Gasteiger partial charge on any atom is -0.387 e. The third-order valence-electron chi connectivity index (χ3n) is 1.98. The van der Waals surface area contributed by atoms with E-state index in [-0.39, 0.29) is 18.5 Å². The van der Waals surface area contributed by atoms with Crippen LogP contribution in [0.3, 0.4) is 0 Å². The van der Waals surface area contributed by atoms with E-state index in [0.29, 0.717) is 6.61 Å². The van der Waals surface area contributed by atoms with Crippen LogP contribution in [-0.4, -0.2) is 43.4 Å². The molecule has 10 heavy (non-hydrogen) atoms. The van der Waals surface area contributed by atoms with Crippen molar-refractivity contribution in [3.63, 3.8) is 0 Å². The molecule has 58 valence electrons. The fraction of sp³-hybridized carbons (Fsp3) is 1.00. The third-order valence-corrected chi connectivity index (χ3v) is 1.98. The Morgan fingerprint density at radius 1 is 1.60 bits per heavy atom. The van der Waals surface area contributed by atoms with Crippen molar-refractivity contribution in [1.29, 1.82) is 0 Å². The molecule has 1 N–H and O–H groups in total. The van der Waals surface area contributed by atoms with E-state index < -0.39 is 6.10 Å². The SMILES string of the molecule is COC1OC2COC1C2O. The van der Waals surface area contributed by atoms with Crippen LogP contribution in [-0.2, 0) is 14.2 Å². The first-order chi connectivity index (χ1) is 4.83. The quantitative estimate of drug-likeness (QED) is 0.521. The predicted octanol–water partition coefficient (Wildman–Crippen LogP) is -0.883. The average molecular weight is 146 g/mol. The Morgan fingerprint density at radius 3 is 2.70 bits per heavy atom. The Hall–Kier alpha value is -0.160. The molecule has 0 aromatic carbocycles. The second kappa shape index (κ2) is 2.17. The Kier molecular flexibility index (Phi) is 1.42. The zero-order chi connectivity index (χ0) is 7.14. The maximum absolute atomic E-state index is 9.30. The molecule has 4 unspecified atom stereocenters. The lowest BCUT2D eigenvalue weighted by Gasteiger charge is -2.19.